The number of para-hydroxylation sites is 1. The molecule has 1 atom stereocenters. The van der Waals surface area contributed by atoms with Gasteiger partial charge in [-0.1, -0.05) is 50.7 Å². The molecule has 0 aliphatic carbocycles. The van der Waals surface area contributed by atoms with Gasteiger partial charge in [-0.15, -0.1) is 0 Å². The summed E-state index contributed by atoms with van der Waals surface area (Å²) in [5.41, 5.74) is 4.65. The largest absolute Gasteiger partial charge is 0.353 e. The Labute approximate surface area is 165 Å². The van der Waals surface area contributed by atoms with Gasteiger partial charge in [0.1, 0.15) is 5.82 Å². The molecule has 0 saturated heterocycles. The van der Waals surface area contributed by atoms with Gasteiger partial charge in [0.25, 0.3) is 0 Å². The van der Waals surface area contributed by atoms with Crippen LogP contribution in [0.4, 0.5) is 5.95 Å². The van der Waals surface area contributed by atoms with Gasteiger partial charge in [0.2, 0.25) is 5.95 Å². The third-order valence-electron chi connectivity index (χ3n) is 4.63. The van der Waals surface area contributed by atoms with Crippen LogP contribution in [0.25, 0.3) is 10.9 Å². The zero-order chi connectivity index (χ0) is 19.6. The molecule has 3 rings (SSSR count). The minimum Gasteiger partial charge on any atom is -0.353 e. The molecule has 0 aliphatic heterocycles. The fourth-order valence-corrected chi connectivity index (χ4v) is 3.48. The second-order valence-electron chi connectivity index (χ2n) is 7.26. The Morgan fingerprint density at radius 1 is 1.04 bits per heavy atom. The van der Waals surface area contributed by atoms with Crippen LogP contribution in [-0.2, 0) is 0 Å². The molecular weight excluding hydrogens is 354 g/mol. The highest BCUT2D eigenvalue weighted by Gasteiger charge is 2.14. The first-order chi connectivity index (χ1) is 12.9. The van der Waals surface area contributed by atoms with Crippen molar-refractivity contribution in [3.63, 3.8) is 0 Å². The summed E-state index contributed by atoms with van der Waals surface area (Å²) in [5, 5.41) is 5.39. The molecule has 1 unspecified atom stereocenters. The van der Waals surface area contributed by atoms with Crippen molar-refractivity contribution in [1.82, 2.24) is 19.9 Å². The summed E-state index contributed by atoms with van der Waals surface area (Å²) in [7, 11) is 0. The Bertz CT molecular complexity index is 955. The maximum atomic E-state index is 4.73. The standard InChI is InChI=1S/C21H27N5S/c1-12(2)19-24-20(26-21(25-19)27-6)22-11-14(4)17-10-15(5)23-18-13(3)8-7-9-16(17)18/h7-10,12,14H,11H2,1-6H3,(H,22,24,25,26). The lowest BCUT2D eigenvalue weighted by Gasteiger charge is -2.17. The fraction of sp³-hybridized carbons (Fsp3) is 0.429. The van der Waals surface area contributed by atoms with Gasteiger partial charge in [-0.25, -0.2) is 4.98 Å². The minimum absolute atomic E-state index is 0.270. The molecule has 2 aromatic heterocycles. The second-order valence-corrected chi connectivity index (χ2v) is 8.04. The Morgan fingerprint density at radius 3 is 2.52 bits per heavy atom. The lowest BCUT2D eigenvalue weighted by Crippen LogP contribution is -2.15. The number of anilines is 1. The number of hydrogen-bond acceptors (Lipinski definition) is 6. The van der Waals surface area contributed by atoms with Crippen molar-refractivity contribution in [1.29, 1.82) is 0 Å². The van der Waals surface area contributed by atoms with E-state index in [0.29, 0.717) is 11.9 Å². The number of fused-ring (bicyclic) bond motifs is 1. The molecule has 1 aromatic carbocycles. The number of nitrogens with one attached hydrogen (secondary N) is 1. The third-order valence-corrected chi connectivity index (χ3v) is 5.18. The van der Waals surface area contributed by atoms with Gasteiger partial charge in [-0.2, -0.15) is 9.97 Å². The molecule has 0 aliphatic rings. The van der Waals surface area contributed by atoms with Crippen LogP contribution < -0.4 is 5.32 Å². The van der Waals surface area contributed by atoms with E-state index in [-0.39, 0.29) is 5.92 Å². The van der Waals surface area contributed by atoms with Gasteiger partial charge < -0.3 is 5.32 Å². The first-order valence-corrected chi connectivity index (χ1v) is 10.5. The van der Waals surface area contributed by atoms with Crippen molar-refractivity contribution in [3.8, 4) is 0 Å². The first kappa shape index (κ1) is 19.5. The van der Waals surface area contributed by atoms with Gasteiger partial charge in [-0.3, -0.25) is 4.98 Å². The van der Waals surface area contributed by atoms with Gasteiger partial charge >= 0.3 is 0 Å². The molecule has 142 valence electrons. The highest BCUT2D eigenvalue weighted by atomic mass is 32.2. The van der Waals surface area contributed by atoms with E-state index in [2.05, 4.69) is 79.2 Å². The van der Waals surface area contributed by atoms with E-state index in [4.69, 9.17) is 4.98 Å². The fourth-order valence-electron chi connectivity index (χ4n) is 3.11. The topological polar surface area (TPSA) is 63.6 Å². The van der Waals surface area contributed by atoms with Crippen molar-refractivity contribution in [2.75, 3.05) is 18.1 Å². The van der Waals surface area contributed by atoms with Crippen LogP contribution in [0, 0.1) is 13.8 Å². The molecule has 2 heterocycles. The minimum atomic E-state index is 0.270. The normalized spacial score (nSPS) is 12.6. The maximum absolute atomic E-state index is 4.73. The predicted molar refractivity (Wildman–Crippen MR) is 114 cm³/mol. The van der Waals surface area contributed by atoms with E-state index < -0.39 is 0 Å². The van der Waals surface area contributed by atoms with Gasteiger partial charge in [-0.05, 0) is 43.2 Å². The number of aryl methyl sites for hydroxylation is 2. The third kappa shape index (κ3) is 4.38. The summed E-state index contributed by atoms with van der Waals surface area (Å²) in [4.78, 5) is 18.3. The molecule has 0 saturated carbocycles. The number of pyridine rings is 1. The Hall–Kier alpha value is -2.21. The average Bonchev–Trinajstić information content (AvgIpc) is 2.66. The zero-order valence-electron chi connectivity index (χ0n) is 16.9. The van der Waals surface area contributed by atoms with Crippen LogP contribution in [-0.4, -0.2) is 32.7 Å². The highest BCUT2D eigenvalue weighted by Crippen LogP contribution is 2.27. The molecule has 6 heteroatoms. The zero-order valence-corrected chi connectivity index (χ0v) is 17.7. The summed E-state index contributed by atoms with van der Waals surface area (Å²) in [5.74, 6) is 2.04. The molecular formula is C21H27N5S. The molecule has 27 heavy (non-hydrogen) atoms. The van der Waals surface area contributed by atoms with E-state index in [0.717, 1.165) is 28.7 Å². The number of aromatic nitrogens is 4. The smallest absolute Gasteiger partial charge is 0.226 e. The summed E-state index contributed by atoms with van der Waals surface area (Å²) in [6.45, 7) is 11.3. The van der Waals surface area contributed by atoms with Crippen LogP contribution >= 0.6 is 11.8 Å². The van der Waals surface area contributed by atoms with Crippen LogP contribution in [0.3, 0.4) is 0 Å². The maximum Gasteiger partial charge on any atom is 0.226 e. The molecule has 3 aromatic rings. The summed E-state index contributed by atoms with van der Waals surface area (Å²) in [6, 6.07) is 8.56. The molecule has 1 N–H and O–H groups in total. The van der Waals surface area contributed by atoms with E-state index >= 15 is 0 Å². The molecule has 0 fully saturated rings. The summed E-state index contributed by atoms with van der Waals surface area (Å²) < 4.78 is 0. The number of nitrogens with zero attached hydrogens (tertiary/aromatic N) is 4. The van der Waals surface area contributed by atoms with Crippen LogP contribution in [0.2, 0.25) is 0 Å². The van der Waals surface area contributed by atoms with Crippen LogP contribution in [0.5, 0.6) is 0 Å². The first-order valence-electron chi connectivity index (χ1n) is 9.29. The van der Waals surface area contributed by atoms with Gasteiger partial charge in [0.15, 0.2) is 5.16 Å². The van der Waals surface area contributed by atoms with Crippen molar-refractivity contribution >= 4 is 28.6 Å². The van der Waals surface area contributed by atoms with Crippen LogP contribution in [0.15, 0.2) is 29.4 Å². The van der Waals surface area contributed by atoms with Crippen molar-refractivity contribution in [3.05, 3.63) is 46.9 Å². The predicted octanol–water partition coefficient (Wildman–Crippen LogP) is 5.10. The second kappa shape index (κ2) is 8.21. The monoisotopic (exact) mass is 381 g/mol. The Kier molecular flexibility index (Phi) is 5.95. The molecule has 5 nitrogen and oxygen atoms in total. The molecule has 0 spiro atoms. The van der Waals surface area contributed by atoms with Crippen LogP contribution in [0.1, 0.15) is 55.3 Å². The van der Waals surface area contributed by atoms with E-state index in [1.54, 1.807) is 11.8 Å². The molecule has 0 amide bonds. The Balaban J connectivity index is 1.87. The summed E-state index contributed by atoms with van der Waals surface area (Å²) >= 11 is 1.54. The number of thioether (sulfide) groups is 1. The SMILES string of the molecule is CSc1nc(NCC(C)c2cc(C)nc3c(C)cccc23)nc(C(C)C)n1. The van der Waals surface area contributed by atoms with E-state index in [1.807, 2.05) is 6.26 Å². The number of hydrogen-bond donors (Lipinski definition) is 1. The van der Waals surface area contributed by atoms with Crippen molar-refractivity contribution < 1.29 is 0 Å². The lowest BCUT2D eigenvalue weighted by atomic mass is 9.95. The molecule has 0 bridgehead atoms. The van der Waals surface area contributed by atoms with Gasteiger partial charge in [0.05, 0.1) is 5.52 Å². The Morgan fingerprint density at radius 2 is 1.81 bits per heavy atom. The van der Waals surface area contributed by atoms with E-state index in [9.17, 15) is 0 Å². The summed E-state index contributed by atoms with van der Waals surface area (Å²) in [6.07, 6.45) is 1.99. The van der Waals surface area contributed by atoms with E-state index in [1.165, 1.54) is 16.5 Å². The van der Waals surface area contributed by atoms with Gasteiger partial charge in [0, 0.05) is 23.5 Å². The van der Waals surface area contributed by atoms with Crippen molar-refractivity contribution in [2.45, 2.75) is 51.6 Å². The lowest BCUT2D eigenvalue weighted by molar-refractivity contribution is 0.717. The number of rotatable bonds is 6. The number of benzene rings is 1. The van der Waals surface area contributed by atoms with Crippen molar-refractivity contribution in [2.24, 2.45) is 0 Å². The quantitative estimate of drug-likeness (QED) is 0.600. The highest BCUT2D eigenvalue weighted by molar-refractivity contribution is 7.98. The average molecular weight is 382 g/mol. The molecule has 0 radical (unpaired) electrons.